The number of carbonyl (C=O) groups is 2. The van der Waals surface area contributed by atoms with E-state index in [1.54, 1.807) is 36.4 Å². The average molecular weight is 392 g/mol. The molecule has 2 aromatic carbocycles. The number of ether oxygens (including phenoxy) is 2. The van der Waals surface area contributed by atoms with E-state index in [4.69, 9.17) is 9.47 Å². The van der Waals surface area contributed by atoms with Gasteiger partial charge < -0.3 is 14.8 Å². The van der Waals surface area contributed by atoms with E-state index < -0.39 is 5.97 Å². The highest BCUT2D eigenvalue weighted by atomic mass is 79.9. The number of benzene rings is 2. The third kappa shape index (κ3) is 5.70. The molecule has 2 rings (SSSR count). The predicted octanol–water partition coefficient (Wildman–Crippen LogP) is 3.57. The smallest absolute Gasteiger partial charge is 0.310 e. The highest BCUT2D eigenvalue weighted by Gasteiger charge is 2.10. The summed E-state index contributed by atoms with van der Waals surface area (Å²) in [5.41, 5.74) is 1.43. The van der Waals surface area contributed by atoms with Gasteiger partial charge in [0.1, 0.15) is 5.75 Å². The number of nitrogens with one attached hydrogen (secondary N) is 1. The summed E-state index contributed by atoms with van der Waals surface area (Å²) >= 11 is 3.33. The zero-order valence-corrected chi connectivity index (χ0v) is 14.8. The third-order valence-electron chi connectivity index (χ3n) is 3.10. The predicted molar refractivity (Wildman–Crippen MR) is 95.0 cm³/mol. The van der Waals surface area contributed by atoms with Crippen molar-refractivity contribution in [2.24, 2.45) is 0 Å². The van der Waals surface area contributed by atoms with Crippen LogP contribution in [0.1, 0.15) is 12.5 Å². The highest BCUT2D eigenvalue weighted by molar-refractivity contribution is 9.10. The van der Waals surface area contributed by atoms with Gasteiger partial charge in [-0.3, -0.25) is 9.59 Å². The second-order valence-electron chi connectivity index (χ2n) is 4.94. The quantitative estimate of drug-likeness (QED) is 0.732. The lowest BCUT2D eigenvalue weighted by Gasteiger charge is -2.08. The fourth-order valence-electron chi connectivity index (χ4n) is 1.98. The van der Waals surface area contributed by atoms with E-state index in [2.05, 4.69) is 21.2 Å². The summed E-state index contributed by atoms with van der Waals surface area (Å²) in [6.07, 6.45) is 0.106. The van der Waals surface area contributed by atoms with Crippen LogP contribution in [0.4, 0.5) is 5.69 Å². The van der Waals surface area contributed by atoms with Crippen LogP contribution in [0, 0.1) is 0 Å². The molecule has 0 saturated heterocycles. The van der Waals surface area contributed by atoms with Crippen molar-refractivity contribution in [3.63, 3.8) is 0 Å². The van der Waals surface area contributed by atoms with Crippen molar-refractivity contribution < 1.29 is 19.1 Å². The van der Waals surface area contributed by atoms with Crippen LogP contribution in [0.15, 0.2) is 53.0 Å². The zero-order chi connectivity index (χ0) is 17.4. The number of para-hydroxylation sites is 1. The Bertz CT molecular complexity index is 700. The lowest BCUT2D eigenvalue weighted by atomic mass is 10.1. The molecule has 1 N–H and O–H groups in total. The Hall–Kier alpha value is -2.34. The molecule has 0 unspecified atom stereocenters. The topological polar surface area (TPSA) is 64.6 Å². The number of hydrogen-bond acceptors (Lipinski definition) is 4. The molecule has 0 radical (unpaired) electrons. The van der Waals surface area contributed by atoms with Gasteiger partial charge in [0.15, 0.2) is 6.61 Å². The van der Waals surface area contributed by atoms with E-state index in [1.165, 1.54) is 0 Å². The largest absolute Gasteiger partial charge is 0.494 e. The SMILES string of the molecule is CCOc1ccc(CC(=O)OCC(=O)Nc2ccccc2Br)cc1. The summed E-state index contributed by atoms with van der Waals surface area (Å²) < 4.78 is 11.1. The first-order valence-corrected chi connectivity index (χ1v) is 8.29. The molecule has 6 heteroatoms. The molecule has 0 heterocycles. The van der Waals surface area contributed by atoms with Crippen LogP contribution >= 0.6 is 15.9 Å². The highest BCUT2D eigenvalue weighted by Crippen LogP contribution is 2.21. The second kappa shape index (κ2) is 9.08. The van der Waals surface area contributed by atoms with Crippen LogP contribution < -0.4 is 10.1 Å². The summed E-state index contributed by atoms with van der Waals surface area (Å²) in [7, 11) is 0. The molecule has 0 bridgehead atoms. The molecule has 0 saturated carbocycles. The Morgan fingerprint density at radius 2 is 1.79 bits per heavy atom. The van der Waals surface area contributed by atoms with E-state index in [1.807, 2.05) is 19.1 Å². The van der Waals surface area contributed by atoms with E-state index in [-0.39, 0.29) is 18.9 Å². The van der Waals surface area contributed by atoms with Gasteiger partial charge in [0, 0.05) is 4.47 Å². The Labute approximate surface area is 149 Å². The average Bonchev–Trinajstić information content (AvgIpc) is 2.57. The summed E-state index contributed by atoms with van der Waals surface area (Å²) in [6.45, 7) is 2.18. The molecule has 5 nitrogen and oxygen atoms in total. The van der Waals surface area contributed by atoms with E-state index >= 15 is 0 Å². The van der Waals surface area contributed by atoms with Crippen molar-refractivity contribution in [3.8, 4) is 5.75 Å². The van der Waals surface area contributed by atoms with Gasteiger partial charge >= 0.3 is 5.97 Å². The monoisotopic (exact) mass is 391 g/mol. The Balaban J connectivity index is 1.78. The number of amides is 1. The minimum absolute atomic E-state index is 0.106. The van der Waals surface area contributed by atoms with Gasteiger partial charge in [-0.1, -0.05) is 24.3 Å². The van der Waals surface area contributed by atoms with Crippen LogP contribution in [-0.2, 0) is 20.7 Å². The molecule has 2 aromatic rings. The van der Waals surface area contributed by atoms with Crippen molar-refractivity contribution in [1.29, 1.82) is 0 Å². The molecule has 0 aromatic heterocycles. The van der Waals surface area contributed by atoms with Gasteiger partial charge in [0.25, 0.3) is 5.91 Å². The molecule has 24 heavy (non-hydrogen) atoms. The van der Waals surface area contributed by atoms with Gasteiger partial charge in [0.05, 0.1) is 18.7 Å². The summed E-state index contributed by atoms with van der Waals surface area (Å²) in [4.78, 5) is 23.6. The Kier molecular flexibility index (Phi) is 6.81. The van der Waals surface area contributed by atoms with E-state index in [9.17, 15) is 9.59 Å². The molecule has 0 aliphatic heterocycles. The third-order valence-corrected chi connectivity index (χ3v) is 3.79. The van der Waals surface area contributed by atoms with Gasteiger partial charge in [-0.25, -0.2) is 0 Å². The van der Waals surface area contributed by atoms with Crippen molar-refractivity contribution in [2.45, 2.75) is 13.3 Å². The maximum atomic E-state index is 11.8. The summed E-state index contributed by atoms with van der Waals surface area (Å²) in [5.74, 6) is -0.0918. The van der Waals surface area contributed by atoms with Crippen molar-refractivity contribution in [2.75, 3.05) is 18.5 Å². The first-order valence-electron chi connectivity index (χ1n) is 7.50. The summed E-state index contributed by atoms with van der Waals surface area (Å²) in [6, 6.07) is 14.4. The van der Waals surface area contributed by atoms with E-state index in [0.29, 0.717) is 12.3 Å². The van der Waals surface area contributed by atoms with Crippen LogP contribution in [0.3, 0.4) is 0 Å². The fraction of sp³-hybridized carbons (Fsp3) is 0.222. The Morgan fingerprint density at radius 3 is 2.46 bits per heavy atom. The minimum Gasteiger partial charge on any atom is -0.494 e. The molecule has 1 amide bonds. The molecule has 0 atom stereocenters. The maximum Gasteiger partial charge on any atom is 0.310 e. The minimum atomic E-state index is -0.457. The van der Waals surface area contributed by atoms with E-state index in [0.717, 1.165) is 15.8 Å². The first-order chi connectivity index (χ1) is 11.6. The van der Waals surface area contributed by atoms with Crippen molar-refractivity contribution in [1.82, 2.24) is 0 Å². The number of hydrogen-bond donors (Lipinski definition) is 1. The number of anilines is 1. The standard InChI is InChI=1S/C18H18BrNO4/c1-2-23-14-9-7-13(8-10-14)11-18(22)24-12-17(21)20-16-6-4-3-5-15(16)19/h3-10H,2,11-12H2,1H3,(H,20,21). The molecule has 0 fully saturated rings. The molecule has 0 aliphatic rings. The molecular weight excluding hydrogens is 374 g/mol. The number of carbonyl (C=O) groups excluding carboxylic acids is 2. The number of esters is 1. The lowest BCUT2D eigenvalue weighted by Crippen LogP contribution is -2.21. The van der Waals surface area contributed by atoms with Crippen molar-refractivity contribution >= 4 is 33.5 Å². The van der Waals surface area contributed by atoms with Gasteiger partial charge in [-0.2, -0.15) is 0 Å². The van der Waals surface area contributed by atoms with Crippen LogP contribution in [0.5, 0.6) is 5.75 Å². The number of halogens is 1. The van der Waals surface area contributed by atoms with Crippen LogP contribution in [0.2, 0.25) is 0 Å². The molecule has 0 aliphatic carbocycles. The van der Waals surface area contributed by atoms with Gasteiger partial charge in [-0.05, 0) is 52.7 Å². The summed E-state index contributed by atoms with van der Waals surface area (Å²) in [5, 5.41) is 2.67. The molecular formula is C18H18BrNO4. The van der Waals surface area contributed by atoms with Crippen LogP contribution in [-0.4, -0.2) is 25.1 Å². The lowest BCUT2D eigenvalue weighted by molar-refractivity contribution is -0.146. The van der Waals surface area contributed by atoms with Gasteiger partial charge in [-0.15, -0.1) is 0 Å². The molecule has 0 spiro atoms. The first kappa shape index (κ1) is 18.0. The molecule has 126 valence electrons. The zero-order valence-electron chi connectivity index (χ0n) is 13.3. The van der Waals surface area contributed by atoms with Crippen LogP contribution in [0.25, 0.3) is 0 Å². The Morgan fingerprint density at radius 1 is 1.08 bits per heavy atom. The fourth-order valence-corrected chi connectivity index (χ4v) is 2.37. The normalized spacial score (nSPS) is 10.1. The van der Waals surface area contributed by atoms with Gasteiger partial charge in [0.2, 0.25) is 0 Å². The van der Waals surface area contributed by atoms with Crippen molar-refractivity contribution in [3.05, 3.63) is 58.6 Å². The second-order valence-corrected chi connectivity index (χ2v) is 5.80. The maximum absolute atomic E-state index is 11.8. The number of rotatable bonds is 7.